The number of amides is 2. The van der Waals surface area contributed by atoms with E-state index in [-0.39, 0.29) is 17.8 Å². The van der Waals surface area contributed by atoms with Crippen LogP contribution in [0.4, 0.5) is 28.8 Å². The summed E-state index contributed by atoms with van der Waals surface area (Å²) in [5.41, 5.74) is 10.6. The second-order valence-electron chi connectivity index (χ2n) is 9.53. The van der Waals surface area contributed by atoms with E-state index in [1.165, 1.54) is 6.08 Å². The normalized spacial score (nSPS) is 11.2. The number of carbonyl (C=O) groups excluding carboxylic acids is 2. The third-order valence-electron chi connectivity index (χ3n) is 5.99. The number of nitrogens with two attached hydrogens (primary N) is 1. The van der Waals surface area contributed by atoms with E-state index in [2.05, 4.69) is 35.9 Å². The molecular weight excluding hydrogens is 518 g/mol. The molecule has 0 aliphatic heterocycles. The fourth-order valence-corrected chi connectivity index (χ4v) is 4.04. The summed E-state index contributed by atoms with van der Waals surface area (Å²) in [6.07, 6.45) is 6.82. The number of H-pyrrole nitrogens is 1. The molecule has 2 aromatic carbocycles. The van der Waals surface area contributed by atoms with Crippen LogP contribution in [0.25, 0.3) is 22.3 Å². The standard InChI is InChI=1S/C30H29N9O2/c1-39(2)14-4-7-27(40)35-22-10-8-19(9-11-22)29(41)36-24-6-3-5-23(16-24)34-26-17-25(37-30(31)38-26)21-15-20-12-13-32-28(20)33-18-21/h3-13,15-18H,14H2,1-2H3,(H,32,33)(H,35,40)(H,36,41)(H3,31,34,37,38)/b7-4+. The topological polar surface area (TPSA) is 154 Å². The van der Waals surface area contributed by atoms with Crippen LogP contribution in [0.1, 0.15) is 10.4 Å². The third-order valence-corrected chi connectivity index (χ3v) is 5.99. The Hall–Kier alpha value is -5.55. The van der Waals surface area contributed by atoms with E-state index in [1.54, 1.807) is 54.7 Å². The van der Waals surface area contributed by atoms with E-state index >= 15 is 0 Å². The van der Waals surface area contributed by atoms with Gasteiger partial charge in [0.25, 0.3) is 5.91 Å². The zero-order valence-electron chi connectivity index (χ0n) is 22.6. The molecule has 0 atom stereocenters. The number of benzene rings is 2. The van der Waals surface area contributed by atoms with Crippen LogP contribution in [-0.4, -0.2) is 57.3 Å². The molecule has 0 bridgehead atoms. The van der Waals surface area contributed by atoms with Crippen molar-refractivity contribution in [2.24, 2.45) is 0 Å². The zero-order valence-corrected chi connectivity index (χ0v) is 22.6. The first-order chi connectivity index (χ1) is 19.8. The Kier molecular flexibility index (Phi) is 7.98. The Morgan fingerprint density at radius 1 is 0.951 bits per heavy atom. The van der Waals surface area contributed by atoms with Crippen molar-refractivity contribution >= 4 is 51.7 Å². The van der Waals surface area contributed by atoms with Crippen LogP contribution in [0.5, 0.6) is 0 Å². The average Bonchev–Trinajstić information content (AvgIpc) is 3.41. The molecule has 5 rings (SSSR count). The van der Waals surface area contributed by atoms with Crippen molar-refractivity contribution in [2.75, 3.05) is 42.3 Å². The second-order valence-corrected chi connectivity index (χ2v) is 9.53. The highest BCUT2D eigenvalue weighted by atomic mass is 16.2. The number of anilines is 5. The van der Waals surface area contributed by atoms with Gasteiger partial charge >= 0.3 is 0 Å². The lowest BCUT2D eigenvalue weighted by Crippen LogP contribution is -2.13. The van der Waals surface area contributed by atoms with Gasteiger partial charge in [-0.25, -0.2) is 9.97 Å². The molecule has 2 amide bonds. The van der Waals surface area contributed by atoms with Gasteiger partial charge in [-0.05, 0) is 68.7 Å². The molecule has 0 saturated carbocycles. The van der Waals surface area contributed by atoms with Gasteiger partial charge in [0.2, 0.25) is 11.9 Å². The molecule has 3 aromatic heterocycles. The number of carbonyl (C=O) groups is 2. The zero-order chi connectivity index (χ0) is 28.8. The van der Waals surface area contributed by atoms with E-state index in [0.29, 0.717) is 40.7 Å². The van der Waals surface area contributed by atoms with E-state index in [1.807, 2.05) is 49.5 Å². The van der Waals surface area contributed by atoms with E-state index in [9.17, 15) is 9.59 Å². The predicted molar refractivity (Wildman–Crippen MR) is 162 cm³/mol. The Morgan fingerprint density at radius 3 is 2.56 bits per heavy atom. The lowest BCUT2D eigenvalue weighted by Gasteiger charge is -2.11. The molecule has 11 heteroatoms. The molecule has 0 aliphatic rings. The highest BCUT2D eigenvalue weighted by Gasteiger charge is 2.10. The van der Waals surface area contributed by atoms with Crippen molar-refractivity contribution in [1.29, 1.82) is 0 Å². The fraction of sp³-hybridized carbons (Fsp3) is 0.100. The molecule has 41 heavy (non-hydrogen) atoms. The molecule has 11 nitrogen and oxygen atoms in total. The van der Waals surface area contributed by atoms with Crippen molar-refractivity contribution < 1.29 is 9.59 Å². The molecular formula is C30H29N9O2. The van der Waals surface area contributed by atoms with Crippen molar-refractivity contribution in [2.45, 2.75) is 0 Å². The maximum Gasteiger partial charge on any atom is 0.255 e. The summed E-state index contributed by atoms with van der Waals surface area (Å²) < 4.78 is 0. The number of nitrogen functional groups attached to an aromatic ring is 1. The first kappa shape index (κ1) is 27.0. The van der Waals surface area contributed by atoms with E-state index < -0.39 is 0 Å². The molecule has 0 unspecified atom stereocenters. The number of hydrogen-bond donors (Lipinski definition) is 5. The van der Waals surface area contributed by atoms with Crippen molar-refractivity contribution in [3.05, 3.63) is 96.8 Å². The first-order valence-corrected chi connectivity index (χ1v) is 12.8. The van der Waals surface area contributed by atoms with E-state index in [0.717, 1.165) is 16.6 Å². The number of hydrogen-bond acceptors (Lipinski definition) is 8. The lowest BCUT2D eigenvalue weighted by atomic mass is 10.1. The molecule has 5 aromatic rings. The Balaban J connectivity index is 1.23. The SMILES string of the molecule is CN(C)C/C=C/C(=O)Nc1ccc(C(=O)Nc2cccc(Nc3cc(-c4cnc5[nH]ccc5c4)nc(N)n3)c2)cc1. The third kappa shape index (κ3) is 7.11. The molecule has 6 N–H and O–H groups in total. The van der Waals surface area contributed by atoms with Gasteiger partial charge in [0.05, 0.1) is 5.69 Å². The van der Waals surface area contributed by atoms with Crippen molar-refractivity contribution in [3.63, 3.8) is 0 Å². The minimum Gasteiger partial charge on any atom is -0.368 e. The molecule has 0 spiro atoms. The minimum absolute atomic E-state index is 0.118. The summed E-state index contributed by atoms with van der Waals surface area (Å²) in [7, 11) is 3.85. The van der Waals surface area contributed by atoms with Gasteiger partial charge in [-0.2, -0.15) is 4.98 Å². The average molecular weight is 548 g/mol. The minimum atomic E-state index is -0.285. The van der Waals surface area contributed by atoms with Gasteiger partial charge in [-0.1, -0.05) is 12.1 Å². The summed E-state index contributed by atoms with van der Waals surface area (Å²) >= 11 is 0. The molecule has 206 valence electrons. The maximum absolute atomic E-state index is 12.9. The van der Waals surface area contributed by atoms with Crippen LogP contribution >= 0.6 is 0 Å². The number of pyridine rings is 1. The van der Waals surface area contributed by atoms with Gasteiger partial charge in [0.15, 0.2) is 0 Å². The van der Waals surface area contributed by atoms with Crippen LogP contribution in [0.3, 0.4) is 0 Å². The molecule has 3 heterocycles. The Bertz CT molecular complexity index is 1730. The van der Waals surface area contributed by atoms with Crippen LogP contribution in [-0.2, 0) is 4.79 Å². The molecule has 0 aliphatic carbocycles. The smallest absolute Gasteiger partial charge is 0.255 e. The molecule has 0 fully saturated rings. The summed E-state index contributed by atoms with van der Waals surface area (Å²) in [6.45, 7) is 0.667. The highest BCUT2D eigenvalue weighted by molar-refractivity contribution is 6.05. The largest absolute Gasteiger partial charge is 0.368 e. The maximum atomic E-state index is 12.9. The second kappa shape index (κ2) is 12.1. The summed E-state index contributed by atoms with van der Waals surface area (Å²) in [5, 5.41) is 9.87. The molecule has 0 radical (unpaired) electrons. The number of likely N-dealkylation sites (N-methyl/N-ethyl adjacent to an activating group) is 1. The van der Waals surface area contributed by atoms with Crippen molar-refractivity contribution in [3.8, 4) is 11.3 Å². The Labute approximate surface area is 236 Å². The monoisotopic (exact) mass is 547 g/mol. The number of aromatic nitrogens is 4. The first-order valence-electron chi connectivity index (χ1n) is 12.8. The number of rotatable bonds is 9. The highest BCUT2D eigenvalue weighted by Crippen LogP contribution is 2.26. The van der Waals surface area contributed by atoms with Gasteiger partial charge < -0.3 is 31.6 Å². The van der Waals surface area contributed by atoms with Gasteiger partial charge in [-0.15, -0.1) is 0 Å². The van der Waals surface area contributed by atoms with Crippen LogP contribution in [0.2, 0.25) is 0 Å². The number of aromatic amines is 1. The number of nitrogens with zero attached hydrogens (tertiary/aromatic N) is 4. The van der Waals surface area contributed by atoms with Crippen LogP contribution in [0.15, 0.2) is 91.3 Å². The lowest BCUT2D eigenvalue weighted by molar-refractivity contribution is -0.111. The van der Waals surface area contributed by atoms with E-state index in [4.69, 9.17) is 5.73 Å². The van der Waals surface area contributed by atoms with Gasteiger partial charge in [0.1, 0.15) is 11.5 Å². The van der Waals surface area contributed by atoms with Crippen LogP contribution < -0.4 is 21.7 Å². The number of nitrogens with one attached hydrogen (secondary N) is 4. The van der Waals surface area contributed by atoms with Crippen molar-refractivity contribution in [1.82, 2.24) is 24.8 Å². The molecule has 0 saturated heterocycles. The number of fused-ring (bicyclic) bond motifs is 1. The quantitative estimate of drug-likeness (QED) is 0.167. The summed E-state index contributed by atoms with van der Waals surface area (Å²) in [4.78, 5) is 43.0. The van der Waals surface area contributed by atoms with Gasteiger partial charge in [-0.3, -0.25) is 9.59 Å². The Morgan fingerprint density at radius 2 is 1.76 bits per heavy atom. The summed E-state index contributed by atoms with van der Waals surface area (Å²) in [6, 6.07) is 19.6. The predicted octanol–water partition coefficient (Wildman–Crippen LogP) is 4.65. The van der Waals surface area contributed by atoms with Crippen LogP contribution in [0, 0.1) is 0 Å². The van der Waals surface area contributed by atoms with Gasteiger partial charge in [0, 0.05) is 64.7 Å². The summed E-state index contributed by atoms with van der Waals surface area (Å²) in [5.74, 6) is 0.101. The fourth-order valence-electron chi connectivity index (χ4n) is 4.04.